The van der Waals surface area contributed by atoms with Gasteiger partial charge in [0.25, 0.3) is 0 Å². The lowest BCUT2D eigenvalue weighted by Gasteiger charge is -2.24. The Balaban J connectivity index is 1.28. The molecule has 8 nitrogen and oxygen atoms in total. The van der Waals surface area contributed by atoms with Crippen LogP contribution in [0, 0.1) is 5.92 Å². The molecule has 2 aromatic carbocycles. The van der Waals surface area contributed by atoms with Gasteiger partial charge in [-0.3, -0.25) is 9.59 Å². The zero-order chi connectivity index (χ0) is 29.3. The Hall–Kier alpha value is -3.69. The summed E-state index contributed by atoms with van der Waals surface area (Å²) in [4.78, 5) is 39.9. The number of nitrogens with zero attached hydrogens (tertiary/aromatic N) is 2. The maximum atomic E-state index is 13.2. The van der Waals surface area contributed by atoms with Crippen LogP contribution in [0.3, 0.4) is 0 Å². The number of aromatic amines is 1. The van der Waals surface area contributed by atoms with Crippen LogP contribution in [0.2, 0.25) is 0 Å². The summed E-state index contributed by atoms with van der Waals surface area (Å²) in [7, 11) is 1.61. The zero-order valence-electron chi connectivity index (χ0n) is 24.2. The van der Waals surface area contributed by atoms with Crippen molar-refractivity contribution in [2.24, 2.45) is 5.92 Å². The number of pyridine rings is 1. The van der Waals surface area contributed by atoms with Crippen LogP contribution in [0.4, 0.5) is 0 Å². The molecule has 3 heterocycles. The Kier molecular flexibility index (Phi) is 10.3. The van der Waals surface area contributed by atoms with Crippen molar-refractivity contribution in [2.75, 3.05) is 26.6 Å². The van der Waals surface area contributed by atoms with Gasteiger partial charge in [0.2, 0.25) is 11.8 Å². The van der Waals surface area contributed by atoms with E-state index in [1.807, 2.05) is 60.9 Å². The monoisotopic (exact) mass is 586 g/mol. The number of benzene rings is 2. The first-order valence-corrected chi connectivity index (χ1v) is 15.8. The molecule has 42 heavy (non-hydrogen) atoms. The van der Waals surface area contributed by atoms with E-state index in [-0.39, 0.29) is 23.7 Å². The number of H-pyrrole nitrogens is 1. The number of thioether (sulfide) groups is 1. The third-order valence-corrected chi connectivity index (χ3v) is 8.61. The molecule has 0 saturated carbocycles. The standard InChI is InChI=1S/C33H38N4O4S/c1-40-33-25(20-23-10-6-8-12-26(23)37-33)28-21-34-31(35-28)27(36-32(39)22-16-18-41-19-17-22)13-4-3-5-14-29(38)24-11-7-9-15-30(24)42-2/h6-12,15,20-22,27H,3-5,13-14,16-19H2,1-2H3,(H,34,35)(H,36,39)/t27-/m0/s1. The van der Waals surface area contributed by atoms with Gasteiger partial charge in [0.15, 0.2) is 5.78 Å². The molecular formula is C33H38N4O4S. The van der Waals surface area contributed by atoms with E-state index in [4.69, 9.17) is 14.5 Å². The molecule has 2 aromatic heterocycles. The molecule has 0 radical (unpaired) electrons. The van der Waals surface area contributed by atoms with Crippen LogP contribution in [-0.2, 0) is 9.53 Å². The molecule has 0 aliphatic carbocycles. The Morgan fingerprint density at radius 2 is 1.88 bits per heavy atom. The van der Waals surface area contributed by atoms with E-state index in [1.54, 1.807) is 25.1 Å². The largest absolute Gasteiger partial charge is 0.480 e. The number of ether oxygens (including phenoxy) is 2. The van der Waals surface area contributed by atoms with E-state index in [0.29, 0.717) is 37.8 Å². The highest BCUT2D eigenvalue weighted by molar-refractivity contribution is 7.98. The summed E-state index contributed by atoms with van der Waals surface area (Å²) in [5.74, 6) is 1.37. The molecule has 5 rings (SSSR count). The van der Waals surface area contributed by atoms with Crippen LogP contribution in [-0.4, -0.2) is 53.2 Å². The van der Waals surface area contributed by atoms with Gasteiger partial charge >= 0.3 is 0 Å². The number of carbonyl (C=O) groups excluding carboxylic acids is 2. The normalized spacial score (nSPS) is 14.5. The second kappa shape index (κ2) is 14.5. The van der Waals surface area contributed by atoms with E-state index in [0.717, 1.165) is 64.7 Å². The summed E-state index contributed by atoms with van der Waals surface area (Å²) in [6, 6.07) is 17.4. The van der Waals surface area contributed by atoms with E-state index >= 15 is 0 Å². The van der Waals surface area contributed by atoms with Gasteiger partial charge in [-0.25, -0.2) is 9.97 Å². The highest BCUT2D eigenvalue weighted by Crippen LogP contribution is 2.32. The first kappa shape index (κ1) is 29.8. The first-order chi connectivity index (χ1) is 20.6. The topological polar surface area (TPSA) is 106 Å². The number of ketones is 1. The second-order valence-corrected chi connectivity index (χ2v) is 11.4. The van der Waals surface area contributed by atoms with E-state index in [9.17, 15) is 9.59 Å². The number of imidazole rings is 1. The zero-order valence-corrected chi connectivity index (χ0v) is 25.0. The lowest BCUT2D eigenvalue weighted by atomic mass is 9.98. The lowest BCUT2D eigenvalue weighted by Crippen LogP contribution is -2.37. The maximum absolute atomic E-state index is 13.2. The third kappa shape index (κ3) is 7.20. The molecule has 4 aromatic rings. The molecule has 1 aliphatic heterocycles. The molecular weight excluding hydrogens is 548 g/mol. The van der Waals surface area contributed by atoms with E-state index < -0.39 is 0 Å². The Labute approximate surface area is 251 Å². The Bertz CT molecular complexity index is 1510. The summed E-state index contributed by atoms with van der Waals surface area (Å²) in [6.07, 6.45) is 8.97. The van der Waals surface area contributed by atoms with Gasteiger partial charge in [-0.1, -0.05) is 49.2 Å². The van der Waals surface area contributed by atoms with Crippen molar-refractivity contribution in [3.8, 4) is 17.1 Å². The van der Waals surface area contributed by atoms with Gasteiger partial charge in [0, 0.05) is 41.4 Å². The summed E-state index contributed by atoms with van der Waals surface area (Å²) in [6.45, 7) is 1.21. The van der Waals surface area contributed by atoms with Crippen molar-refractivity contribution in [2.45, 2.75) is 55.9 Å². The van der Waals surface area contributed by atoms with Gasteiger partial charge in [-0.05, 0) is 50.1 Å². The van der Waals surface area contributed by atoms with E-state index in [1.165, 1.54) is 0 Å². The smallest absolute Gasteiger partial charge is 0.223 e. The molecule has 1 atom stereocenters. The third-order valence-electron chi connectivity index (χ3n) is 7.81. The Morgan fingerprint density at radius 3 is 2.69 bits per heavy atom. The van der Waals surface area contributed by atoms with Crippen LogP contribution in [0.25, 0.3) is 22.2 Å². The van der Waals surface area contributed by atoms with Crippen LogP contribution in [0.15, 0.2) is 65.7 Å². The minimum atomic E-state index is -0.276. The fraction of sp³-hybridized carbons (Fsp3) is 0.394. The summed E-state index contributed by atoms with van der Waals surface area (Å²) >= 11 is 1.60. The molecule has 1 saturated heterocycles. The number of fused-ring (bicyclic) bond motifs is 1. The number of hydrogen-bond donors (Lipinski definition) is 2. The molecule has 2 N–H and O–H groups in total. The van der Waals surface area contributed by atoms with Crippen molar-refractivity contribution in [3.05, 3.63) is 72.2 Å². The quantitative estimate of drug-likeness (QED) is 0.101. The number of methoxy groups -OCH3 is 1. The second-order valence-electron chi connectivity index (χ2n) is 10.6. The predicted octanol–water partition coefficient (Wildman–Crippen LogP) is 6.77. The number of carbonyl (C=O) groups is 2. The molecule has 0 spiro atoms. The van der Waals surface area contributed by atoms with Crippen LogP contribution in [0.1, 0.15) is 67.2 Å². The average molecular weight is 587 g/mol. The lowest BCUT2D eigenvalue weighted by molar-refractivity contribution is -0.128. The highest BCUT2D eigenvalue weighted by atomic mass is 32.2. The van der Waals surface area contributed by atoms with Gasteiger partial charge in [0.05, 0.1) is 36.1 Å². The Morgan fingerprint density at radius 1 is 1.10 bits per heavy atom. The van der Waals surface area contributed by atoms with Crippen molar-refractivity contribution < 1.29 is 19.1 Å². The number of aromatic nitrogens is 3. The number of Topliss-reactive ketones (excluding diaryl/α,β-unsaturated/α-hetero) is 1. The van der Waals surface area contributed by atoms with Crippen molar-refractivity contribution in [1.29, 1.82) is 0 Å². The highest BCUT2D eigenvalue weighted by Gasteiger charge is 2.26. The summed E-state index contributed by atoms with van der Waals surface area (Å²) in [5.41, 5.74) is 3.25. The van der Waals surface area contributed by atoms with Crippen molar-refractivity contribution >= 4 is 34.4 Å². The van der Waals surface area contributed by atoms with Crippen molar-refractivity contribution in [1.82, 2.24) is 20.3 Å². The maximum Gasteiger partial charge on any atom is 0.223 e. The number of rotatable bonds is 13. The first-order valence-electron chi connectivity index (χ1n) is 14.6. The number of unbranched alkanes of at least 4 members (excludes halogenated alkanes) is 2. The van der Waals surface area contributed by atoms with Gasteiger partial charge in [-0.15, -0.1) is 11.8 Å². The molecule has 1 aliphatic rings. The predicted molar refractivity (Wildman–Crippen MR) is 166 cm³/mol. The molecule has 1 fully saturated rings. The number of nitrogens with one attached hydrogen (secondary N) is 2. The van der Waals surface area contributed by atoms with Gasteiger partial charge in [-0.2, -0.15) is 0 Å². The van der Waals surface area contributed by atoms with Crippen LogP contribution >= 0.6 is 11.8 Å². The minimum absolute atomic E-state index is 0.0371. The number of para-hydroxylation sites is 1. The SMILES string of the molecule is COc1nc2ccccc2cc1-c1cnc([C@H](CCCCCC(=O)c2ccccc2SC)NC(=O)C2CCOCC2)[nH]1. The fourth-order valence-corrected chi connectivity index (χ4v) is 6.06. The van der Waals surface area contributed by atoms with Gasteiger partial charge < -0.3 is 19.8 Å². The van der Waals surface area contributed by atoms with Gasteiger partial charge in [0.1, 0.15) is 5.82 Å². The average Bonchev–Trinajstić information content (AvgIpc) is 3.53. The van der Waals surface area contributed by atoms with Crippen LogP contribution < -0.4 is 10.1 Å². The molecule has 220 valence electrons. The minimum Gasteiger partial charge on any atom is -0.480 e. The number of amides is 1. The van der Waals surface area contributed by atoms with Crippen LogP contribution in [0.5, 0.6) is 5.88 Å². The summed E-state index contributed by atoms with van der Waals surface area (Å²) in [5, 5.41) is 4.27. The molecule has 0 bridgehead atoms. The fourth-order valence-electron chi connectivity index (χ4n) is 5.44. The molecule has 0 unspecified atom stereocenters. The molecule has 9 heteroatoms. The van der Waals surface area contributed by atoms with Crippen molar-refractivity contribution in [3.63, 3.8) is 0 Å². The summed E-state index contributed by atoms with van der Waals surface area (Å²) < 4.78 is 11.1. The van der Waals surface area contributed by atoms with E-state index in [2.05, 4.69) is 15.3 Å². The molecule has 1 amide bonds. The number of hydrogen-bond acceptors (Lipinski definition) is 7.